The molecule has 1 aliphatic rings. The number of thiophene rings is 1. The van der Waals surface area contributed by atoms with Crippen LogP contribution in [0.5, 0.6) is 0 Å². The molecule has 1 nitrogen and oxygen atoms in total. The molecule has 90 valence electrons. The number of hydrogen-bond donors (Lipinski definition) is 1. The Labute approximate surface area is 115 Å². The number of halogens is 1. The molecule has 1 aromatic rings. The van der Waals surface area contributed by atoms with Crippen LogP contribution in [0.2, 0.25) is 0 Å². The van der Waals surface area contributed by atoms with Gasteiger partial charge in [0.05, 0.1) is 0 Å². The molecular formula is C12H18BrNS2. The summed E-state index contributed by atoms with van der Waals surface area (Å²) in [6.07, 6.45) is 2.73. The van der Waals surface area contributed by atoms with Crippen molar-refractivity contribution < 1.29 is 0 Å². The summed E-state index contributed by atoms with van der Waals surface area (Å²) in [5.41, 5.74) is 0. The largest absolute Gasteiger partial charge is 0.308 e. The van der Waals surface area contributed by atoms with Crippen molar-refractivity contribution in [2.45, 2.75) is 37.5 Å². The van der Waals surface area contributed by atoms with E-state index in [0.29, 0.717) is 10.8 Å². The Morgan fingerprint density at radius 1 is 1.62 bits per heavy atom. The SMILES string of the molecule is CC(NCC1(C)CCCS1)c1sccc1Br. The van der Waals surface area contributed by atoms with Crippen LogP contribution >= 0.6 is 39.0 Å². The second kappa shape index (κ2) is 5.42. The zero-order valence-corrected chi connectivity index (χ0v) is 13.0. The van der Waals surface area contributed by atoms with E-state index in [2.05, 4.69) is 58.3 Å². The van der Waals surface area contributed by atoms with E-state index >= 15 is 0 Å². The Morgan fingerprint density at radius 2 is 2.44 bits per heavy atom. The topological polar surface area (TPSA) is 12.0 Å². The van der Waals surface area contributed by atoms with Crippen molar-refractivity contribution >= 4 is 39.0 Å². The first-order chi connectivity index (χ1) is 7.61. The molecule has 1 fully saturated rings. The van der Waals surface area contributed by atoms with Gasteiger partial charge in [-0.05, 0) is 59.8 Å². The predicted molar refractivity (Wildman–Crippen MR) is 78.5 cm³/mol. The van der Waals surface area contributed by atoms with Gasteiger partial charge in [-0.1, -0.05) is 0 Å². The summed E-state index contributed by atoms with van der Waals surface area (Å²) in [4.78, 5) is 1.41. The van der Waals surface area contributed by atoms with E-state index in [4.69, 9.17) is 0 Å². The van der Waals surface area contributed by atoms with E-state index < -0.39 is 0 Å². The molecule has 0 amide bonds. The van der Waals surface area contributed by atoms with Crippen LogP contribution < -0.4 is 5.32 Å². The van der Waals surface area contributed by atoms with Crippen molar-refractivity contribution in [2.75, 3.05) is 12.3 Å². The Kier molecular flexibility index (Phi) is 4.38. The summed E-state index contributed by atoms with van der Waals surface area (Å²) in [5.74, 6) is 1.33. The van der Waals surface area contributed by atoms with Crippen LogP contribution in [-0.2, 0) is 0 Å². The van der Waals surface area contributed by atoms with E-state index in [1.165, 1.54) is 27.9 Å². The molecule has 2 unspecified atom stereocenters. The minimum atomic E-state index is 0.451. The molecule has 0 bridgehead atoms. The Balaban J connectivity index is 1.88. The van der Waals surface area contributed by atoms with Crippen molar-refractivity contribution in [3.8, 4) is 0 Å². The second-order valence-corrected chi connectivity index (χ2v) is 8.12. The van der Waals surface area contributed by atoms with Gasteiger partial charge in [0.2, 0.25) is 0 Å². The molecule has 4 heteroatoms. The van der Waals surface area contributed by atoms with Gasteiger partial charge < -0.3 is 5.32 Å². The second-order valence-electron chi connectivity index (χ2n) is 4.64. The van der Waals surface area contributed by atoms with E-state index in [9.17, 15) is 0 Å². The molecule has 1 aliphatic heterocycles. The molecule has 0 saturated carbocycles. The highest BCUT2D eigenvalue weighted by atomic mass is 79.9. The number of nitrogens with one attached hydrogen (secondary N) is 1. The fraction of sp³-hybridized carbons (Fsp3) is 0.667. The maximum Gasteiger partial charge on any atom is 0.0397 e. The van der Waals surface area contributed by atoms with Gasteiger partial charge in [0, 0.05) is 26.7 Å². The van der Waals surface area contributed by atoms with Gasteiger partial charge in [-0.25, -0.2) is 0 Å². The molecule has 1 aromatic heterocycles. The lowest BCUT2D eigenvalue weighted by Crippen LogP contribution is -2.34. The molecule has 0 spiro atoms. The lowest BCUT2D eigenvalue weighted by atomic mass is 10.1. The van der Waals surface area contributed by atoms with Crippen molar-refractivity contribution in [2.24, 2.45) is 0 Å². The monoisotopic (exact) mass is 319 g/mol. The number of hydrogen-bond acceptors (Lipinski definition) is 3. The minimum Gasteiger partial charge on any atom is -0.308 e. The summed E-state index contributed by atoms with van der Waals surface area (Å²) in [6.45, 7) is 5.75. The van der Waals surface area contributed by atoms with Crippen LogP contribution in [0.3, 0.4) is 0 Å². The smallest absolute Gasteiger partial charge is 0.0397 e. The summed E-state index contributed by atoms with van der Waals surface area (Å²) in [5, 5.41) is 5.81. The van der Waals surface area contributed by atoms with Crippen LogP contribution in [0, 0.1) is 0 Å². The molecule has 0 aromatic carbocycles. The van der Waals surface area contributed by atoms with Crippen molar-refractivity contribution in [1.29, 1.82) is 0 Å². The third-order valence-corrected chi connectivity index (χ3v) is 6.71. The molecule has 2 heterocycles. The quantitative estimate of drug-likeness (QED) is 0.880. The molecular weight excluding hydrogens is 302 g/mol. The minimum absolute atomic E-state index is 0.451. The maximum absolute atomic E-state index is 3.67. The molecule has 16 heavy (non-hydrogen) atoms. The van der Waals surface area contributed by atoms with E-state index in [1.54, 1.807) is 0 Å². The van der Waals surface area contributed by atoms with Gasteiger partial charge in [-0.2, -0.15) is 11.8 Å². The highest BCUT2D eigenvalue weighted by Crippen LogP contribution is 2.38. The summed E-state index contributed by atoms with van der Waals surface area (Å²) >= 11 is 7.54. The van der Waals surface area contributed by atoms with Crippen molar-refractivity contribution in [3.63, 3.8) is 0 Å². The van der Waals surface area contributed by atoms with E-state index in [0.717, 1.165) is 6.54 Å². The van der Waals surface area contributed by atoms with Crippen LogP contribution in [0.25, 0.3) is 0 Å². The van der Waals surface area contributed by atoms with Crippen LogP contribution in [-0.4, -0.2) is 17.0 Å². The fourth-order valence-corrected chi connectivity index (χ4v) is 5.06. The van der Waals surface area contributed by atoms with Crippen molar-refractivity contribution in [3.05, 3.63) is 20.8 Å². The molecule has 1 saturated heterocycles. The molecule has 1 N–H and O–H groups in total. The highest BCUT2D eigenvalue weighted by Gasteiger charge is 2.29. The van der Waals surface area contributed by atoms with Crippen LogP contribution in [0.1, 0.15) is 37.6 Å². The third-order valence-electron chi connectivity index (χ3n) is 3.12. The predicted octanol–water partition coefficient (Wildman–Crippen LogP) is 4.45. The average molecular weight is 320 g/mol. The summed E-state index contributed by atoms with van der Waals surface area (Å²) < 4.78 is 1.69. The van der Waals surface area contributed by atoms with Gasteiger partial charge in [0.1, 0.15) is 0 Å². The molecule has 2 atom stereocenters. The number of rotatable bonds is 4. The first kappa shape index (κ1) is 12.9. The zero-order valence-electron chi connectivity index (χ0n) is 9.75. The highest BCUT2D eigenvalue weighted by molar-refractivity contribution is 9.10. The Morgan fingerprint density at radius 3 is 3.00 bits per heavy atom. The summed E-state index contributed by atoms with van der Waals surface area (Å²) in [6, 6.07) is 2.58. The lowest BCUT2D eigenvalue weighted by Gasteiger charge is -2.25. The standard InChI is InChI=1S/C12H18BrNS2/c1-9(11-10(13)4-7-15-11)14-8-12(2)5-3-6-16-12/h4,7,9,14H,3,5-6,8H2,1-2H3. The third kappa shape index (κ3) is 3.03. The maximum atomic E-state index is 3.67. The van der Waals surface area contributed by atoms with Crippen molar-refractivity contribution in [1.82, 2.24) is 5.32 Å². The molecule has 2 rings (SSSR count). The normalized spacial score (nSPS) is 27.2. The molecule has 0 aliphatic carbocycles. The van der Waals surface area contributed by atoms with E-state index in [-0.39, 0.29) is 0 Å². The van der Waals surface area contributed by atoms with E-state index in [1.807, 2.05) is 11.3 Å². The summed E-state index contributed by atoms with van der Waals surface area (Å²) in [7, 11) is 0. The lowest BCUT2D eigenvalue weighted by molar-refractivity contribution is 0.493. The number of thioether (sulfide) groups is 1. The van der Waals surface area contributed by atoms with Crippen LogP contribution in [0.4, 0.5) is 0 Å². The van der Waals surface area contributed by atoms with Gasteiger partial charge in [-0.3, -0.25) is 0 Å². The van der Waals surface area contributed by atoms with Gasteiger partial charge in [-0.15, -0.1) is 11.3 Å². The average Bonchev–Trinajstić information content (AvgIpc) is 2.85. The van der Waals surface area contributed by atoms with Gasteiger partial charge in [0.25, 0.3) is 0 Å². The fourth-order valence-electron chi connectivity index (χ4n) is 2.05. The zero-order chi connectivity index (χ0) is 11.6. The molecule has 0 radical (unpaired) electrons. The Bertz CT molecular complexity index is 345. The van der Waals surface area contributed by atoms with Gasteiger partial charge >= 0.3 is 0 Å². The Hall–Kier alpha value is 0.490. The van der Waals surface area contributed by atoms with Crippen LogP contribution in [0.15, 0.2) is 15.9 Å². The first-order valence-corrected chi connectivity index (χ1v) is 8.37. The van der Waals surface area contributed by atoms with Gasteiger partial charge in [0.15, 0.2) is 0 Å². The first-order valence-electron chi connectivity index (χ1n) is 5.71.